The molecule has 26 heavy (non-hydrogen) atoms. The lowest BCUT2D eigenvalue weighted by molar-refractivity contribution is 0.0292. The lowest BCUT2D eigenvalue weighted by Crippen LogP contribution is -2.35. The van der Waals surface area contributed by atoms with Gasteiger partial charge in [-0.15, -0.1) is 11.3 Å². The maximum absolute atomic E-state index is 12.0. The normalized spacial score (nSPS) is 11.7. The number of pyridine rings is 1. The minimum Gasteiger partial charge on any atom is -0.444 e. The molecule has 0 fully saturated rings. The SMILES string of the molecule is CN(CCn1cc(-c2cc3nccc(Cl)c3s2)cn1)C(=O)OC(C)(C)C. The zero-order valence-corrected chi connectivity index (χ0v) is 16.8. The van der Waals surface area contributed by atoms with Gasteiger partial charge in [0, 0.05) is 36.4 Å². The summed E-state index contributed by atoms with van der Waals surface area (Å²) in [5.41, 5.74) is 1.39. The topological polar surface area (TPSA) is 60.2 Å². The molecule has 0 aromatic carbocycles. The molecule has 0 aliphatic rings. The van der Waals surface area contributed by atoms with E-state index in [1.807, 2.05) is 43.9 Å². The molecular formula is C18H21ClN4O2S. The summed E-state index contributed by atoms with van der Waals surface area (Å²) in [4.78, 5) is 19.0. The molecule has 0 spiro atoms. The van der Waals surface area contributed by atoms with Crippen LogP contribution in [-0.4, -0.2) is 45.0 Å². The van der Waals surface area contributed by atoms with E-state index in [4.69, 9.17) is 16.3 Å². The van der Waals surface area contributed by atoms with Gasteiger partial charge in [-0.3, -0.25) is 9.67 Å². The first-order chi connectivity index (χ1) is 12.2. The van der Waals surface area contributed by atoms with Crippen molar-refractivity contribution in [2.24, 2.45) is 0 Å². The summed E-state index contributed by atoms with van der Waals surface area (Å²) in [6.45, 7) is 6.65. The number of aromatic nitrogens is 3. The highest BCUT2D eigenvalue weighted by Crippen LogP contribution is 2.35. The Kier molecular flexibility index (Phi) is 5.20. The van der Waals surface area contributed by atoms with Crippen LogP contribution < -0.4 is 0 Å². The lowest BCUT2D eigenvalue weighted by atomic mass is 10.2. The molecule has 0 saturated carbocycles. The number of rotatable bonds is 4. The molecule has 138 valence electrons. The van der Waals surface area contributed by atoms with Gasteiger partial charge >= 0.3 is 6.09 Å². The number of carbonyl (C=O) groups excluding carboxylic acids is 1. The van der Waals surface area contributed by atoms with Gasteiger partial charge in [0.05, 0.1) is 28.0 Å². The first kappa shape index (κ1) is 18.7. The highest BCUT2D eigenvalue weighted by atomic mass is 35.5. The molecule has 0 aliphatic heterocycles. The maximum atomic E-state index is 12.0. The summed E-state index contributed by atoms with van der Waals surface area (Å²) < 4.78 is 8.14. The van der Waals surface area contributed by atoms with Crippen LogP contribution >= 0.6 is 22.9 Å². The average molecular weight is 393 g/mol. The lowest BCUT2D eigenvalue weighted by Gasteiger charge is -2.24. The number of fused-ring (bicyclic) bond motifs is 1. The zero-order chi connectivity index (χ0) is 18.9. The Balaban J connectivity index is 1.66. The number of likely N-dealkylation sites (N-methyl/N-ethyl adjacent to an activating group) is 1. The number of nitrogens with zero attached hydrogens (tertiary/aromatic N) is 4. The molecule has 3 aromatic heterocycles. The van der Waals surface area contributed by atoms with Gasteiger partial charge in [-0.2, -0.15) is 5.10 Å². The predicted molar refractivity (Wildman–Crippen MR) is 105 cm³/mol. The van der Waals surface area contributed by atoms with Crippen molar-refractivity contribution >= 4 is 39.2 Å². The van der Waals surface area contributed by atoms with Gasteiger partial charge in [0.15, 0.2) is 0 Å². The van der Waals surface area contributed by atoms with Gasteiger partial charge < -0.3 is 9.64 Å². The van der Waals surface area contributed by atoms with Gasteiger partial charge in [-0.25, -0.2) is 4.79 Å². The van der Waals surface area contributed by atoms with Crippen molar-refractivity contribution in [3.05, 3.63) is 35.7 Å². The molecular weight excluding hydrogens is 372 g/mol. The van der Waals surface area contributed by atoms with Gasteiger partial charge in [-0.1, -0.05) is 11.6 Å². The molecule has 3 heterocycles. The van der Waals surface area contributed by atoms with Crippen molar-refractivity contribution in [3.8, 4) is 10.4 Å². The molecule has 0 aliphatic carbocycles. The van der Waals surface area contributed by atoms with E-state index in [1.165, 1.54) is 0 Å². The monoisotopic (exact) mass is 392 g/mol. The minimum atomic E-state index is -0.499. The standard InChI is InChI=1S/C18H21ClN4O2S/c1-18(2,3)25-17(24)22(4)7-8-23-11-12(10-21-23)15-9-14-16(26-15)13(19)5-6-20-14/h5-6,9-11H,7-8H2,1-4H3. The second kappa shape index (κ2) is 7.25. The van der Waals surface area contributed by atoms with Crippen LogP contribution in [0, 0.1) is 0 Å². The zero-order valence-electron chi connectivity index (χ0n) is 15.2. The van der Waals surface area contributed by atoms with Crippen LogP contribution in [0.4, 0.5) is 4.79 Å². The van der Waals surface area contributed by atoms with Crippen molar-refractivity contribution < 1.29 is 9.53 Å². The third kappa shape index (κ3) is 4.34. The molecule has 6 nitrogen and oxygen atoms in total. The van der Waals surface area contributed by atoms with Crippen molar-refractivity contribution in [1.82, 2.24) is 19.7 Å². The van der Waals surface area contributed by atoms with E-state index in [9.17, 15) is 4.79 Å². The Morgan fingerprint density at radius 2 is 2.19 bits per heavy atom. The molecule has 0 unspecified atom stereocenters. The van der Waals surface area contributed by atoms with Gasteiger partial charge in [-0.05, 0) is 32.9 Å². The van der Waals surface area contributed by atoms with E-state index in [0.29, 0.717) is 18.1 Å². The largest absolute Gasteiger partial charge is 0.444 e. The van der Waals surface area contributed by atoms with Crippen LogP contribution in [0.3, 0.4) is 0 Å². The first-order valence-electron chi connectivity index (χ1n) is 8.24. The number of hydrogen-bond acceptors (Lipinski definition) is 5. The molecule has 1 amide bonds. The average Bonchev–Trinajstić information content (AvgIpc) is 3.18. The van der Waals surface area contributed by atoms with Crippen molar-refractivity contribution in [3.63, 3.8) is 0 Å². The van der Waals surface area contributed by atoms with E-state index < -0.39 is 5.60 Å². The summed E-state index contributed by atoms with van der Waals surface area (Å²) in [7, 11) is 1.72. The first-order valence-corrected chi connectivity index (χ1v) is 9.43. The van der Waals surface area contributed by atoms with Crippen LogP contribution in [0.1, 0.15) is 20.8 Å². The van der Waals surface area contributed by atoms with E-state index in [1.54, 1.807) is 35.5 Å². The van der Waals surface area contributed by atoms with Gasteiger partial charge in [0.25, 0.3) is 0 Å². The molecule has 3 rings (SSSR count). The second-order valence-electron chi connectivity index (χ2n) is 7.01. The van der Waals surface area contributed by atoms with Crippen LogP contribution in [0.25, 0.3) is 20.7 Å². The summed E-state index contributed by atoms with van der Waals surface area (Å²) in [6, 6.07) is 3.81. The van der Waals surface area contributed by atoms with Gasteiger partial charge in [0.1, 0.15) is 5.60 Å². The predicted octanol–water partition coefficient (Wildman–Crippen LogP) is 4.68. The van der Waals surface area contributed by atoms with Crippen LogP contribution in [0.5, 0.6) is 0 Å². The van der Waals surface area contributed by atoms with E-state index >= 15 is 0 Å². The number of thiophene rings is 1. The molecule has 0 N–H and O–H groups in total. The van der Waals surface area contributed by atoms with Crippen molar-refractivity contribution in [2.75, 3.05) is 13.6 Å². The Morgan fingerprint density at radius 1 is 1.42 bits per heavy atom. The number of halogens is 1. The fourth-order valence-electron chi connectivity index (χ4n) is 2.35. The smallest absolute Gasteiger partial charge is 0.410 e. The summed E-state index contributed by atoms with van der Waals surface area (Å²) >= 11 is 7.82. The molecule has 0 bridgehead atoms. The Bertz CT molecular complexity index is 929. The minimum absolute atomic E-state index is 0.338. The highest BCUT2D eigenvalue weighted by molar-refractivity contribution is 7.22. The summed E-state index contributed by atoms with van der Waals surface area (Å²) in [6.07, 6.45) is 5.14. The molecule has 0 saturated heterocycles. The Labute approximate surface area is 161 Å². The quantitative estimate of drug-likeness (QED) is 0.646. The molecule has 3 aromatic rings. The maximum Gasteiger partial charge on any atom is 0.410 e. The van der Waals surface area contributed by atoms with Crippen molar-refractivity contribution in [2.45, 2.75) is 32.9 Å². The number of carbonyl (C=O) groups is 1. The van der Waals surface area contributed by atoms with Crippen LogP contribution in [0.2, 0.25) is 5.02 Å². The Morgan fingerprint density at radius 3 is 2.88 bits per heavy atom. The highest BCUT2D eigenvalue weighted by Gasteiger charge is 2.19. The van der Waals surface area contributed by atoms with E-state index in [0.717, 1.165) is 20.7 Å². The molecule has 0 radical (unpaired) electrons. The fraction of sp³-hybridized carbons (Fsp3) is 0.389. The number of hydrogen-bond donors (Lipinski definition) is 0. The van der Waals surface area contributed by atoms with Gasteiger partial charge in [0.2, 0.25) is 0 Å². The number of amides is 1. The van der Waals surface area contributed by atoms with Crippen LogP contribution in [-0.2, 0) is 11.3 Å². The second-order valence-corrected chi connectivity index (χ2v) is 8.47. The van der Waals surface area contributed by atoms with E-state index in [2.05, 4.69) is 10.1 Å². The third-order valence-electron chi connectivity index (χ3n) is 3.65. The van der Waals surface area contributed by atoms with Crippen LogP contribution in [0.15, 0.2) is 30.7 Å². The van der Waals surface area contributed by atoms with Crippen molar-refractivity contribution in [1.29, 1.82) is 0 Å². The number of ether oxygens (including phenoxy) is 1. The Hall–Kier alpha value is -2.12. The van der Waals surface area contributed by atoms with E-state index in [-0.39, 0.29) is 6.09 Å². The summed E-state index contributed by atoms with van der Waals surface area (Å²) in [5, 5.41) is 5.09. The summed E-state index contributed by atoms with van der Waals surface area (Å²) in [5.74, 6) is 0. The molecule has 0 atom stereocenters. The third-order valence-corrected chi connectivity index (χ3v) is 5.28. The molecule has 8 heteroatoms. The fourth-order valence-corrected chi connectivity index (χ4v) is 3.61.